The van der Waals surface area contributed by atoms with Gasteiger partial charge in [0.15, 0.2) is 5.17 Å². The first-order valence-corrected chi connectivity index (χ1v) is 12.8. The highest BCUT2D eigenvalue weighted by Crippen LogP contribution is 2.38. The van der Waals surface area contributed by atoms with E-state index in [9.17, 15) is 41.0 Å². The van der Waals surface area contributed by atoms with E-state index < -0.39 is 47.8 Å². The van der Waals surface area contributed by atoms with Crippen molar-refractivity contribution in [3.05, 3.63) is 69.8 Å². The quantitative estimate of drug-likeness (QED) is 0.305. The number of hydrogen-bond donors (Lipinski definition) is 1. The second-order valence-electron chi connectivity index (χ2n) is 9.42. The molecule has 3 aromatic rings. The van der Waals surface area contributed by atoms with Crippen LogP contribution in [0.5, 0.6) is 0 Å². The third kappa shape index (κ3) is 5.71. The van der Waals surface area contributed by atoms with Crippen LogP contribution >= 0.6 is 11.8 Å². The van der Waals surface area contributed by atoms with Crippen LogP contribution in [0.2, 0.25) is 0 Å². The Balaban J connectivity index is 1.36. The number of likely N-dealkylation sites (tertiary alicyclic amines) is 1. The summed E-state index contributed by atoms with van der Waals surface area (Å²) in [7, 11) is 0. The Morgan fingerprint density at radius 3 is 2.58 bits per heavy atom. The van der Waals surface area contributed by atoms with E-state index in [1.807, 2.05) is 0 Å². The predicted molar refractivity (Wildman–Crippen MR) is 135 cm³/mol. The molecular weight excluding hydrogens is 562 g/mol. The van der Waals surface area contributed by atoms with Crippen molar-refractivity contribution in [2.24, 2.45) is 10.9 Å². The van der Waals surface area contributed by atoms with Gasteiger partial charge in [-0.05, 0) is 66.1 Å². The van der Waals surface area contributed by atoms with Crippen molar-refractivity contribution < 1.29 is 41.0 Å². The number of piperidine rings is 1. The molecule has 1 atom stereocenters. The first-order chi connectivity index (χ1) is 18.8. The zero-order valence-corrected chi connectivity index (χ0v) is 21.3. The summed E-state index contributed by atoms with van der Waals surface area (Å²) in [5.74, 6) is -1.89. The molecule has 1 fully saturated rings. The Bertz CT molecular complexity index is 1560. The predicted octanol–water partition coefficient (Wildman–Crippen LogP) is 5.89. The minimum Gasteiger partial charge on any atom is -0.481 e. The highest BCUT2D eigenvalue weighted by molar-refractivity contribution is 8.18. The maximum atomic E-state index is 13.6. The van der Waals surface area contributed by atoms with Crippen molar-refractivity contribution in [3.8, 4) is 0 Å². The normalized spacial score (nSPS) is 19.5. The molecule has 40 heavy (non-hydrogen) atoms. The number of aliphatic carboxylic acids is 1. The zero-order valence-electron chi connectivity index (χ0n) is 20.5. The van der Waals surface area contributed by atoms with Crippen molar-refractivity contribution in [1.82, 2.24) is 14.7 Å². The molecule has 5 rings (SSSR count). The second-order valence-corrected chi connectivity index (χ2v) is 10.4. The van der Waals surface area contributed by atoms with Crippen LogP contribution in [0, 0.1) is 5.92 Å². The topological polar surface area (TPSA) is 87.8 Å². The molecule has 1 amide bonds. The first kappa shape index (κ1) is 27.7. The fraction of sp³-hybridized carbons (Fsp3) is 0.308. The summed E-state index contributed by atoms with van der Waals surface area (Å²) in [6, 6.07) is 6.43. The summed E-state index contributed by atoms with van der Waals surface area (Å²) in [6.07, 6.45) is -5.66. The number of halogens is 6. The Morgan fingerprint density at radius 1 is 1.10 bits per heavy atom. The van der Waals surface area contributed by atoms with Gasteiger partial charge in [-0.15, -0.1) is 0 Å². The van der Waals surface area contributed by atoms with Gasteiger partial charge >= 0.3 is 18.3 Å². The van der Waals surface area contributed by atoms with Crippen LogP contribution in [0.3, 0.4) is 0 Å². The third-order valence-corrected chi connectivity index (χ3v) is 7.72. The molecule has 7 nitrogen and oxygen atoms in total. The lowest BCUT2D eigenvalue weighted by Gasteiger charge is -2.31. The number of rotatable bonds is 4. The van der Waals surface area contributed by atoms with Crippen LogP contribution in [-0.2, 0) is 28.5 Å². The molecular formula is C26H20F6N4O3S. The molecule has 2 aliphatic rings. The van der Waals surface area contributed by atoms with Gasteiger partial charge in [0.25, 0.3) is 5.91 Å². The Hall–Kier alpha value is -3.81. The monoisotopic (exact) mass is 582 g/mol. The van der Waals surface area contributed by atoms with E-state index in [1.54, 1.807) is 29.2 Å². The smallest absolute Gasteiger partial charge is 0.416 e. The average Bonchev–Trinajstić information content (AvgIpc) is 3.45. The van der Waals surface area contributed by atoms with Gasteiger partial charge in [0, 0.05) is 18.5 Å². The van der Waals surface area contributed by atoms with E-state index in [0.29, 0.717) is 52.0 Å². The molecule has 0 spiro atoms. The molecule has 1 saturated heterocycles. The summed E-state index contributed by atoms with van der Waals surface area (Å²) in [4.78, 5) is 30.1. The van der Waals surface area contributed by atoms with Crippen LogP contribution in [0.1, 0.15) is 35.1 Å². The van der Waals surface area contributed by atoms with Gasteiger partial charge in [-0.1, -0.05) is 12.1 Å². The third-order valence-electron chi connectivity index (χ3n) is 6.68. The van der Waals surface area contributed by atoms with Crippen LogP contribution in [0.4, 0.5) is 26.3 Å². The van der Waals surface area contributed by atoms with Gasteiger partial charge in [0.2, 0.25) is 0 Å². The van der Waals surface area contributed by atoms with Crippen molar-refractivity contribution in [1.29, 1.82) is 0 Å². The fourth-order valence-corrected chi connectivity index (χ4v) is 5.62. The molecule has 0 saturated carbocycles. The van der Waals surface area contributed by atoms with E-state index >= 15 is 0 Å². The van der Waals surface area contributed by atoms with Gasteiger partial charge in [0.1, 0.15) is 0 Å². The standard InChI is InChI=1S/C26H20F6N4O3S/c27-25(28,29)18-5-4-15(19(10-18)26(30,31)32)13-36-20-6-3-14(8-17(20)11-33-36)9-21-22(37)34-24(40-21)35-7-1-2-16(12-35)23(38)39/h3-6,8-11,16H,1-2,7,12-13H2,(H,38,39)/b21-9-. The summed E-state index contributed by atoms with van der Waals surface area (Å²) in [5.41, 5.74) is -2.09. The number of carboxylic acids is 1. The minimum atomic E-state index is -4.99. The Kier molecular flexibility index (Phi) is 7.15. The zero-order chi connectivity index (χ0) is 28.8. The molecule has 3 heterocycles. The largest absolute Gasteiger partial charge is 0.481 e. The SMILES string of the molecule is O=C1N=C(N2CCCC(C(=O)O)C2)S/C1=C\c1ccc2c(cnn2Cc2ccc(C(F)(F)F)cc2C(F)(F)F)c1. The minimum absolute atomic E-state index is 0.101. The number of carbonyl (C=O) groups is 2. The molecule has 210 valence electrons. The van der Waals surface area contributed by atoms with Gasteiger partial charge in [-0.3, -0.25) is 14.3 Å². The lowest BCUT2D eigenvalue weighted by atomic mass is 9.99. The van der Waals surface area contributed by atoms with E-state index in [0.717, 1.165) is 17.8 Å². The van der Waals surface area contributed by atoms with Crippen LogP contribution in [0.25, 0.3) is 17.0 Å². The molecule has 1 aromatic heterocycles. The molecule has 2 aromatic carbocycles. The Labute approximate surface area is 227 Å². The van der Waals surface area contributed by atoms with Crippen molar-refractivity contribution in [2.45, 2.75) is 31.7 Å². The molecule has 0 aliphatic carbocycles. The maximum Gasteiger partial charge on any atom is 0.416 e. The number of hydrogen-bond acceptors (Lipinski definition) is 5. The van der Waals surface area contributed by atoms with Gasteiger partial charge in [-0.2, -0.15) is 36.4 Å². The van der Waals surface area contributed by atoms with E-state index in [2.05, 4.69) is 10.1 Å². The van der Waals surface area contributed by atoms with Crippen LogP contribution in [0.15, 0.2) is 52.5 Å². The number of carboxylic acid groups (broad SMARTS) is 1. The van der Waals surface area contributed by atoms with Crippen molar-refractivity contribution in [3.63, 3.8) is 0 Å². The van der Waals surface area contributed by atoms with E-state index in [1.165, 1.54) is 10.9 Å². The van der Waals surface area contributed by atoms with E-state index in [-0.39, 0.29) is 18.2 Å². The van der Waals surface area contributed by atoms with Crippen LogP contribution < -0.4 is 0 Å². The van der Waals surface area contributed by atoms with Gasteiger partial charge in [-0.25, -0.2) is 0 Å². The molecule has 14 heteroatoms. The highest BCUT2D eigenvalue weighted by Gasteiger charge is 2.38. The molecule has 0 radical (unpaired) electrons. The first-order valence-electron chi connectivity index (χ1n) is 12.0. The lowest BCUT2D eigenvalue weighted by molar-refractivity contribution is -0.144. The number of thioether (sulfide) groups is 1. The summed E-state index contributed by atoms with van der Waals surface area (Å²) < 4.78 is 81.0. The number of fused-ring (bicyclic) bond motifs is 1. The number of benzene rings is 2. The number of aromatic nitrogens is 2. The van der Waals surface area contributed by atoms with Crippen LogP contribution in [-0.4, -0.2) is 49.9 Å². The fourth-order valence-electron chi connectivity index (χ4n) is 4.67. The van der Waals surface area contributed by atoms with Crippen molar-refractivity contribution in [2.75, 3.05) is 13.1 Å². The number of alkyl halides is 6. The van der Waals surface area contributed by atoms with Crippen molar-refractivity contribution >= 4 is 45.8 Å². The number of aliphatic imine (C=N–C) groups is 1. The van der Waals surface area contributed by atoms with Gasteiger partial charge in [0.05, 0.1) is 40.2 Å². The number of carbonyl (C=O) groups excluding carboxylic acids is 1. The second kappa shape index (κ2) is 10.3. The van der Waals surface area contributed by atoms with Gasteiger partial charge < -0.3 is 10.0 Å². The number of nitrogens with zero attached hydrogens (tertiary/aromatic N) is 4. The molecule has 0 bridgehead atoms. The maximum absolute atomic E-state index is 13.6. The summed E-state index contributed by atoms with van der Waals surface area (Å²) >= 11 is 1.14. The Morgan fingerprint density at radius 2 is 1.88 bits per heavy atom. The lowest BCUT2D eigenvalue weighted by Crippen LogP contribution is -2.40. The summed E-state index contributed by atoms with van der Waals surface area (Å²) in [6.45, 7) is 0.452. The molecule has 2 aliphatic heterocycles. The average molecular weight is 583 g/mol. The molecule has 1 unspecified atom stereocenters. The highest BCUT2D eigenvalue weighted by atomic mass is 32.2. The molecule has 1 N–H and O–H groups in total. The van der Waals surface area contributed by atoms with E-state index in [4.69, 9.17) is 0 Å². The number of amides is 1. The summed E-state index contributed by atoms with van der Waals surface area (Å²) in [5, 5.41) is 14.4. The number of amidine groups is 1.